The number of hydrogen-bond donors (Lipinski definition) is 2. The molecule has 0 spiro atoms. The Bertz CT molecular complexity index is 1030. The molecule has 5 rings (SSSR count). The van der Waals surface area contributed by atoms with Gasteiger partial charge in [-0.15, -0.1) is 0 Å². The molecule has 1 aliphatic heterocycles. The molecule has 0 aromatic heterocycles. The minimum absolute atomic E-state index is 0.139. The quantitative estimate of drug-likeness (QED) is 0.574. The van der Waals surface area contributed by atoms with Crippen LogP contribution in [0.15, 0.2) is 84.9 Å². The summed E-state index contributed by atoms with van der Waals surface area (Å²) in [4.78, 5) is 0. The highest BCUT2D eigenvalue weighted by molar-refractivity contribution is 5.85. The van der Waals surface area contributed by atoms with E-state index in [-0.39, 0.29) is 6.04 Å². The Hall–Kier alpha value is -2.68. The zero-order chi connectivity index (χ0) is 18.3. The van der Waals surface area contributed by atoms with Crippen LogP contribution in [-0.2, 0) is 5.60 Å². The molecule has 0 radical (unpaired) electrons. The van der Waals surface area contributed by atoms with Crippen LogP contribution in [0.4, 0.5) is 0 Å². The Morgan fingerprint density at radius 1 is 0.704 bits per heavy atom. The van der Waals surface area contributed by atoms with E-state index in [0.717, 1.165) is 30.5 Å². The van der Waals surface area contributed by atoms with E-state index in [2.05, 4.69) is 90.2 Å². The second kappa shape index (κ2) is 6.49. The molecule has 1 atom stereocenters. The van der Waals surface area contributed by atoms with Gasteiger partial charge >= 0.3 is 0 Å². The lowest BCUT2D eigenvalue weighted by atomic mass is 9.78. The van der Waals surface area contributed by atoms with Crippen molar-refractivity contribution in [3.63, 3.8) is 0 Å². The molecule has 0 saturated carbocycles. The molecule has 1 fully saturated rings. The molecule has 1 saturated heterocycles. The van der Waals surface area contributed by atoms with E-state index in [1.165, 1.54) is 21.5 Å². The number of quaternary nitrogens is 1. The highest BCUT2D eigenvalue weighted by Gasteiger charge is 2.45. The molecule has 2 nitrogen and oxygen atoms in total. The van der Waals surface area contributed by atoms with Gasteiger partial charge in [0.15, 0.2) is 5.60 Å². The zero-order valence-corrected chi connectivity index (χ0v) is 15.3. The normalized spacial score (nSPS) is 17.6. The summed E-state index contributed by atoms with van der Waals surface area (Å²) in [6.07, 6.45) is 2.17. The SMILES string of the molecule is OC(c1ccc2ccccc2c1)(c1ccc2ccccc2c1)[C@H]1CCC[NH2+]1. The molecule has 1 aliphatic rings. The molecule has 0 unspecified atom stereocenters. The Morgan fingerprint density at radius 3 is 1.70 bits per heavy atom. The minimum Gasteiger partial charge on any atom is -0.374 e. The highest BCUT2D eigenvalue weighted by Crippen LogP contribution is 2.37. The zero-order valence-electron chi connectivity index (χ0n) is 15.3. The van der Waals surface area contributed by atoms with Gasteiger partial charge in [-0.3, -0.25) is 0 Å². The highest BCUT2D eigenvalue weighted by atomic mass is 16.3. The van der Waals surface area contributed by atoms with Crippen molar-refractivity contribution in [1.29, 1.82) is 0 Å². The summed E-state index contributed by atoms with van der Waals surface area (Å²) >= 11 is 0. The predicted octanol–water partition coefficient (Wildman–Crippen LogP) is 3.95. The maximum absolute atomic E-state index is 12.1. The first-order chi connectivity index (χ1) is 13.2. The third-order valence-corrected chi connectivity index (χ3v) is 6.09. The van der Waals surface area contributed by atoms with Crippen molar-refractivity contribution < 1.29 is 10.4 Å². The van der Waals surface area contributed by atoms with Gasteiger partial charge in [0.25, 0.3) is 0 Å². The maximum Gasteiger partial charge on any atom is 0.166 e. The van der Waals surface area contributed by atoms with E-state index in [9.17, 15) is 5.11 Å². The van der Waals surface area contributed by atoms with Gasteiger partial charge in [0.2, 0.25) is 0 Å². The van der Waals surface area contributed by atoms with E-state index in [1.807, 2.05) is 0 Å². The number of nitrogens with two attached hydrogens (primary N) is 1. The molecule has 0 bridgehead atoms. The van der Waals surface area contributed by atoms with Gasteiger partial charge in [0, 0.05) is 12.8 Å². The lowest BCUT2D eigenvalue weighted by molar-refractivity contribution is -0.684. The molecule has 1 heterocycles. The van der Waals surface area contributed by atoms with Crippen LogP contribution in [0.1, 0.15) is 24.0 Å². The second-order valence-electron chi connectivity index (χ2n) is 7.66. The van der Waals surface area contributed by atoms with E-state index < -0.39 is 5.60 Å². The van der Waals surface area contributed by atoms with Crippen molar-refractivity contribution in [1.82, 2.24) is 0 Å². The summed E-state index contributed by atoms with van der Waals surface area (Å²) in [5, 5.41) is 19.2. The maximum atomic E-state index is 12.1. The van der Waals surface area contributed by atoms with Crippen molar-refractivity contribution in [2.24, 2.45) is 0 Å². The number of hydrogen-bond acceptors (Lipinski definition) is 1. The van der Waals surface area contributed by atoms with Gasteiger partial charge in [0.1, 0.15) is 6.04 Å². The van der Waals surface area contributed by atoms with Crippen LogP contribution in [-0.4, -0.2) is 17.7 Å². The summed E-state index contributed by atoms with van der Waals surface area (Å²) in [6.45, 7) is 1.08. The lowest BCUT2D eigenvalue weighted by Gasteiger charge is -2.33. The molecular formula is C25H24NO+. The van der Waals surface area contributed by atoms with Crippen molar-refractivity contribution in [3.8, 4) is 0 Å². The molecule has 0 aliphatic carbocycles. The Kier molecular flexibility index (Phi) is 3.96. The van der Waals surface area contributed by atoms with Crippen molar-refractivity contribution in [2.75, 3.05) is 6.54 Å². The third kappa shape index (κ3) is 2.73. The molecule has 134 valence electrons. The van der Waals surface area contributed by atoms with Crippen molar-refractivity contribution in [2.45, 2.75) is 24.5 Å². The minimum atomic E-state index is -0.995. The average molecular weight is 354 g/mol. The Labute approximate surface area is 159 Å². The van der Waals surface area contributed by atoms with Crippen LogP contribution in [0.2, 0.25) is 0 Å². The summed E-state index contributed by atoms with van der Waals surface area (Å²) in [5.74, 6) is 0. The van der Waals surface area contributed by atoms with Gasteiger partial charge < -0.3 is 10.4 Å². The van der Waals surface area contributed by atoms with Gasteiger partial charge in [-0.25, -0.2) is 0 Å². The predicted molar refractivity (Wildman–Crippen MR) is 111 cm³/mol. The Morgan fingerprint density at radius 2 is 1.22 bits per heavy atom. The van der Waals surface area contributed by atoms with E-state index >= 15 is 0 Å². The van der Waals surface area contributed by atoms with Crippen molar-refractivity contribution >= 4 is 21.5 Å². The monoisotopic (exact) mass is 354 g/mol. The lowest BCUT2D eigenvalue weighted by Crippen LogP contribution is -2.90. The third-order valence-electron chi connectivity index (χ3n) is 6.09. The summed E-state index contributed by atoms with van der Waals surface area (Å²) < 4.78 is 0. The molecular weight excluding hydrogens is 330 g/mol. The molecule has 27 heavy (non-hydrogen) atoms. The van der Waals surface area contributed by atoms with Gasteiger partial charge in [-0.2, -0.15) is 0 Å². The summed E-state index contributed by atoms with van der Waals surface area (Å²) in [6, 6.07) is 29.6. The van der Waals surface area contributed by atoms with Gasteiger partial charge in [-0.05, 0) is 44.8 Å². The van der Waals surface area contributed by atoms with Crippen LogP contribution < -0.4 is 5.32 Å². The fraction of sp³-hybridized carbons (Fsp3) is 0.200. The fourth-order valence-corrected chi connectivity index (χ4v) is 4.60. The van der Waals surface area contributed by atoms with E-state index in [0.29, 0.717) is 0 Å². The number of rotatable bonds is 3. The molecule has 2 heteroatoms. The van der Waals surface area contributed by atoms with Gasteiger partial charge in [-0.1, -0.05) is 72.8 Å². The van der Waals surface area contributed by atoms with E-state index in [1.54, 1.807) is 0 Å². The fourth-order valence-electron chi connectivity index (χ4n) is 4.60. The van der Waals surface area contributed by atoms with Crippen molar-refractivity contribution in [3.05, 3.63) is 96.1 Å². The Balaban J connectivity index is 1.72. The first kappa shape index (κ1) is 16.5. The molecule has 4 aromatic rings. The summed E-state index contributed by atoms with van der Waals surface area (Å²) in [5.41, 5.74) is 0.976. The van der Waals surface area contributed by atoms with Crippen LogP contribution in [0.3, 0.4) is 0 Å². The number of benzene rings is 4. The largest absolute Gasteiger partial charge is 0.374 e. The molecule has 0 amide bonds. The van der Waals surface area contributed by atoms with Gasteiger partial charge in [0.05, 0.1) is 6.54 Å². The first-order valence-electron chi connectivity index (χ1n) is 9.79. The number of aliphatic hydroxyl groups is 1. The van der Waals surface area contributed by atoms with E-state index in [4.69, 9.17) is 0 Å². The standard InChI is InChI=1S/C25H23NO/c27-25(24-10-5-15-26-24,22-13-11-18-6-1-3-8-20(18)16-22)23-14-12-19-7-2-4-9-21(19)17-23/h1-4,6-9,11-14,16-17,24,26-27H,5,10,15H2/p+1/t24-/m1/s1. The molecule has 4 aromatic carbocycles. The molecule has 3 N–H and O–H groups in total. The average Bonchev–Trinajstić information content (AvgIpc) is 3.28. The first-order valence-corrected chi connectivity index (χ1v) is 9.79. The van der Waals surface area contributed by atoms with Crippen LogP contribution in [0.5, 0.6) is 0 Å². The van der Waals surface area contributed by atoms with Crippen LogP contribution in [0.25, 0.3) is 21.5 Å². The second-order valence-corrected chi connectivity index (χ2v) is 7.66. The summed E-state index contributed by atoms with van der Waals surface area (Å²) in [7, 11) is 0. The number of fused-ring (bicyclic) bond motifs is 2. The van der Waals surface area contributed by atoms with Crippen LogP contribution >= 0.6 is 0 Å². The van der Waals surface area contributed by atoms with Crippen LogP contribution in [0, 0.1) is 0 Å². The topological polar surface area (TPSA) is 36.8 Å². The smallest absolute Gasteiger partial charge is 0.166 e.